The predicted molar refractivity (Wildman–Crippen MR) is 49.1 cm³/mol. The molecule has 0 bridgehead atoms. The molecular weight excluding hydrogens is 206 g/mol. The summed E-state index contributed by atoms with van der Waals surface area (Å²) in [6.07, 6.45) is 0. The fourth-order valence-electron chi connectivity index (χ4n) is 0.883. The Bertz CT molecular complexity index is 407. The summed E-state index contributed by atoms with van der Waals surface area (Å²) in [5, 5.41) is 4.06. The van der Waals surface area contributed by atoms with Crippen LogP contribution in [0.15, 0.2) is 18.2 Å². The molecule has 0 aliphatic carbocycles. The summed E-state index contributed by atoms with van der Waals surface area (Å²) in [4.78, 5) is 21.8. The fraction of sp³-hybridized carbons (Fsp3) is 0.111. The highest BCUT2D eigenvalue weighted by Crippen LogP contribution is 2.14. The lowest BCUT2D eigenvalue weighted by atomic mass is 10.3. The van der Waals surface area contributed by atoms with Crippen LogP contribution in [0.25, 0.3) is 0 Å². The number of amides is 2. The summed E-state index contributed by atoms with van der Waals surface area (Å²) >= 11 is 0. The molecule has 0 unspecified atom stereocenters. The molecule has 2 amide bonds. The number of benzene rings is 1. The number of carbonyl (C=O) groups excluding carboxylic acids is 2. The second kappa shape index (κ2) is 4.50. The minimum atomic E-state index is -1.01. The molecule has 0 saturated heterocycles. The van der Waals surface area contributed by atoms with E-state index in [-0.39, 0.29) is 5.69 Å². The van der Waals surface area contributed by atoms with Crippen molar-refractivity contribution in [2.24, 2.45) is 0 Å². The molecule has 0 spiro atoms. The SMILES string of the molecule is CNC(=O)C(=O)Nc1ccc(F)cc1F. The zero-order chi connectivity index (χ0) is 11.4. The van der Waals surface area contributed by atoms with Crippen LogP contribution in [-0.4, -0.2) is 18.9 Å². The molecular formula is C9H8F2N2O2. The Labute approximate surface area is 84.3 Å². The zero-order valence-electron chi connectivity index (χ0n) is 7.80. The van der Waals surface area contributed by atoms with Crippen molar-refractivity contribution in [3.63, 3.8) is 0 Å². The molecule has 6 heteroatoms. The van der Waals surface area contributed by atoms with Gasteiger partial charge in [0, 0.05) is 13.1 Å². The van der Waals surface area contributed by atoms with E-state index in [1.165, 1.54) is 7.05 Å². The third-order valence-corrected chi connectivity index (χ3v) is 1.61. The second-order valence-corrected chi connectivity index (χ2v) is 2.66. The van der Waals surface area contributed by atoms with Crippen LogP contribution in [0.5, 0.6) is 0 Å². The van der Waals surface area contributed by atoms with Crippen molar-refractivity contribution in [3.8, 4) is 0 Å². The quantitative estimate of drug-likeness (QED) is 0.674. The van der Waals surface area contributed by atoms with Crippen LogP contribution in [0.2, 0.25) is 0 Å². The lowest BCUT2D eigenvalue weighted by Crippen LogP contribution is -2.32. The maximum atomic E-state index is 13.0. The molecule has 0 saturated carbocycles. The van der Waals surface area contributed by atoms with Crippen LogP contribution < -0.4 is 10.6 Å². The lowest BCUT2D eigenvalue weighted by Gasteiger charge is -2.04. The fourth-order valence-corrected chi connectivity index (χ4v) is 0.883. The maximum absolute atomic E-state index is 13.0. The van der Waals surface area contributed by atoms with E-state index in [1.54, 1.807) is 0 Å². The third kappa shape index (κ3) is 2.73. The van der Waals surface area contributed by atoms with E-state index in [9.17, 15) is 18.4 Å². The van der Waals surface area contributed by atoms with Crippen molar-refractivity contribution in [3.05, 3.63) is 29.8 Å². The summed E-state index contributed by atoms with van der Waals surface area (Å²) in [5.41, 5.74) is -0.245. The van der Waals surface area contributed by atoms with Gasteiger partial charge in [0.05, 0.1) is 5.69 Å². The largest absolute Gasteiger partial charge is 0.351 e. The summed E-state index contributed by atoms with van der Waals surface area (Å²) in [5.74, 6) is -3.61. The van der Waals surface area contributed by atoms with Gasteiger partial charge in [-0.25, -0.2) is 8.78 Å². The normalized spacial score (nSPS) is 9.53. The molecule has 1 aromatic carbocycles. The summed E-state index contributed by atoms with van der Waals surface area (Å²) in [7, 11) is 1.27. The zero-order valence-corrected chi connectivity index (χ0v) is 7.80. The molecule has 2 N–H and O–H groups in total. The number of carbonyl (C=O) groups is 2. The van der Waals surface area contributed by atoms with Crippen molar-refractivity contribution >= 4 is 17.5 Å². The highest BCUT2D eigenvalue weighted by atomic mass is 19.1. The first-order valence-electron chi connectivity index (χ1n) is 4.02. The third-order valence-electron chi connectivity index (χ3n) is 1.61. The van der Waals surface area contributed by atoms with Gasteiger partial charge in [-0.15, -0.1) is 0 Å². The molecule has 0 atom stereocenters. The van der Waals surface area contributed by atoms with Crippen molar-refractivity contribution in [2.75, 3.05) is 12.4 Å². The molecule has 0 radical (unpaired) electrons. The molecule has 1 rings (SSSR count). The number of hydrogen-bond acceptors (Lipinski definition) is 2. The molecule has 0 aliphatic heterocycles. The van der Waals surface area contributed by atoms with E-state index < -0.39 is 23.4 Å². The molecule has 15 heavy (non-hydrogen) atoms. The monoisotopic (exact) mass is 214 g/mol. The minimum Gasteiger partial charge on any atom is -0.351 e. The second-order valence-electron chi connectivity index (χ2n) is 2.66. The Hall–Kier alpha value is -1.98. The Balaban J connectivity index is 2.81. The maximum Gasteiger partial charge on any atom is 0.313 e. The molecule has 1 aromatic rings. The van der Waals surface area contributed by atoms with Gasteiger partial charge >= 0.3 is 11.8 Å². The smallest absolute Gasteiger partial charge is 0.313 e. The first kappa shape index (κ1) is 11.1. The van der Waals surface area contributed by atoms with Crippen molar-refractivity contribution in [2.45, 2.75) is 0 Å². The van der Waals surface area contributed by atoms with E-state index in [2.05, 4.69) is 5.32 Å². The molecule has 0 fully saturated rings. The number of hydrogen-bond donors (Lipinski definition) is 2. The van der Waals surface area contributed by atoms with Crippen LogP contribution in [0.1, 0.15) is 0 Å². The van der Waals surface area contributed by atoms with E-state index in [1.807, 2.05) is 5.32 Å². The summed E-state index contributed by atoms with van der Waals surface area (Å²) < 4.78 is 25.5. The van der Waals surface area contributed by atoms with Crippen LogP contribution in [0, 0.1) is 11.6 Å². The number of anilines is 1. The van der Waals surface area contributed by atoms with Gasteiger partial charge in [0.2, 0.25) is 0 Å². The van der Waals surface area contributed by atoms with Gasteiger partial charge < -0.3 is 10.6 Å². The average Bonchev–Trinajstić information content (AvgIpc) is 2.20. The minimum absolute atomic E-state index is 0.245. The van der Waals surface area contributed by atoms with Crippen LogP contribution in [-0.2, 0) is 9.59 Å². The van der Waals surface area contributed by atoms with Gasteiger partial charge in [-0.1, -0.05) is 0 Å². The average molecular weight is 214 g/mol. The van der Waals surface area contributed by atoms with Crippen molar-refractivity contribution in [1.29, 1.82) is 0 Å². The van der Waals surface area contributed by atoms with Gasteiger partial charge in [0.15, 0.2) is 0 Å². The van der Waals surface area contributed by atoms with Crippen molar-refractivity contribution < 1.29 is 18.4 Å². The van der Waals surface area contributed by atoms with E-state index in [0.717, 1.165) is 12.1 Å². The molecule has 0 heterocycles. The molecule has 0 aromatic heterocycles. The number of likely N-dealkylation sites (N-methyl/N-ethyl adjacent to an activating group) is 1. The van der Waals surface area contributed by atoms with Gasteiger partial charge in [0.1, 0.15) is 11.6 Å². The molecule has 4 nitrogen and oxygen atoms in total. The standard InChI is InChI=1S/C9H8F2N2O2/c1-12-8(14)9(15)13-7-3-2-5(10)4-6(7)11/h2-4H,1H3,(H,12,14)(H,13,15). The highest BCUT2D eigenvalue weighted by Gasteiger charge is 2.13. The topological polar surface area (TPSA) is 58.2 Å². The summed E-state index contributed by atoms with van der Waals surface area (Å²) in [6, 6.07) is 2.62. The van der Waals surface area contributed by atoms with Gasteiger partial charge in [-0.05, 0) is 12.1 Å². The number of halogens is 2. The molecule has 0 aliphatic rings. The Morgan fingerprint density at radius 3 is 2.40 bits per heavy atom. The van der Waals surface area contributed by atoms with Gasteiger partial charge in [-0.2, -0.15) is 0 Å². The Kier molecular flexibility index (Phi) is 3.33. The highest BCUT2D eigenvalue weighted by molar-refractivity contribution is 6.39. The van der Waals surface area contributed by atoms with E-state index in [4.69, 9.17) is 0 Å². The van der Waals surface area contributed by atoms with E-state index in [0.29, 0.717) is 6.07 Å². The summed E-state index contributed by atoms with van der Waals surface area (Å²) in [6.45, 7) is 0. The van der Waals surface area contributed by atoms with Crippen LogP contribution in [0.4, 0.5) is 14.5 Å². The molecule has 80 valence electrons. The predicted octanol–water partition coefficient (Wildman–Crippen LogP) is 0.649. The first-order valence-corrected chi connectivity index (χ1v) is 4.02. The number of rotatable bonds is 1. The first-order chi connectivity index (χ1) is 7.04. The number of nitrogens with one attached hydrogen (secondary N) is 2. The van der Waals surface area contributed by atoms with Crippen LogP contribution >= 0.6 is 0 Å². The Morgan fingerprint density at radius 1 is 1.20 bits per heavy atom. The van der Waals surface area contributed by atoms with E-state index >= 15 is 0 Å². The van der Waals surface area contributed by atoms with Crippen molar-refractivity contribution in [1.82, 2.24) is 5.32 Å². The van der Waals surface area contributed by atoms with Gasteiger partial charge in [-0.3, -0.25) is 9.59 Å². The van der Waals surface area contributed by atoms with Gasteiger partial charge in [0.25, 0.3) is 0 Å². The lowest BCUT2D eigenvalue weighted by molar-refractivity contribution is -0.135. The van der Waals surface area contributed by atoms with Crippen LogP contribution in [0.3, 0.4) is 0 Å². The Morgan fingerprint density at radius 2 is 1.87 bits per heavy atom.